The van der Waals surface area contributed by atoms with Crippen LogP contribution < -0.4 is 5.32 Å². The number of ether oxygens (including phenoxy) is 1. The van der Waals surface area contributed by atoms with Gasteiger partial charge in [-0.15, -0.1) is 0 Å². The lowest BCUT2D eigenvalue weighted by Crippen LogP contribution is -2.46. The summed E-state index contributed by atoms with van der Waals surface area (Å²) in [7, 11) is 0. The van der Waals surface area contributed by atoms with Crippen molar-refractivity contribution in [2.24, 2.45) is 0 Å². The number of morpholine rings is 1. The Balaban J connectivity index is 1.70. The highest BCUT2D eigenvalue weighted by Gasteiger charge is 2.33. The van der Waals surface area contributed by atoms with Crippen LogP contribution >= 0.6 is 0 Å². The zero-order valence-corrected chi connectivity index (χ0v) is 11.9. The number of rotatable bonds is 6. The Morgan fingerprint density at radius 2 is 1.90 bits per heavy atom. The number of carbonyl (C=O) groups is 3. The quantitative estimate of drug-likeness (QED) is 0.688. The van der Waals surface area contributed by atoms with Gasteiger partial charge in [-0.05, 0) is 12.8 Å². The van der Waals surface area contributed by atoms with Gasteiger partial charge in [-0.1, -0.05) is 0 Å². The monoisotopic (exact) mass is 299 g/mol. The van der Waals surface area contributed by atoms with Crippen LogP contribution in [0.25, 0.3) is 0 Å². The first-order valence-corrected chi connectivity index (χ1v) is 7.19. The molecule has 0 atom stereocenters. The van der Waals surface area contributed by atoms with Crippen molar-refractivity contribution in [2.45, 2.75) is 25.3 Å². The fraction of sp³-hybridized carbons (Fsp3) is 0.769. The summed E-state index contributed by atoms with van der Waals surface area (Å²) >= 11 is 0. The van der Waals surface area contributed by atoms with Gasteiger partial charge in [0, 0.05) is 32.1 Å². The molecule has 3 amide bonds. The first kappa shape index (κ1) is 15.6. The van der Waals surface area contributed by atoms with E-state index in [1.807, 2.05) is 0 Å². The van der Waals surface area contributed by atoms with Gasteiger partial charge in [-0.2, -0.15) is 0 Å². The molecule has 1 aliphatic carbocycles. The van der Waals surface area contributed by atoms with Crippen LogP contribution in [-0.4, -0.2) is 78.2 Å². The molecule has 0 aromatic rings. The van der Waals surface area contributed by atoms with E-state index in [1.165, 1.54) is 4.90 Å². The molecule has 1 saturated carbocycles. The summed E-state index contributed by atoms with van der Waals surface area (Å²) in [6.07, 6.45) is 1.90. The number of hydrogen-bond acceptors (Lipinski definition) is 4. The SMILES string of the molecule is O=C(O)CN(C(=O)NCCC(=O)N1CCOCC1)C1CC1. The van der Waals surface area contributed by atoms with Crippen molar-refractivity contribution in [3.8, 4) is 0 Å². The normalized spacial score (nSPS) is 18.2. The molecule has 0 aromatic heterocycles. The minimum absolute atomic E-state index is 0.0187. The third kappa shape index (κ3) is 4.89. The third-order valence-corrected chi connectivity index (χ3v) is 3.53. The van der Waals surface area contributed by atoms with Crippen LogP contribution in [0.2, 0.25) is 0 Å². The molecule has 2 aliphatic rings. The summed E-state index contributed by atoms with van der Waals surface area (Å²) in [5, 5.41) is 11.4. The van der Waals surface area contributed by atoms with Crippen molar-refractivity contribution in [2.75, 3.05) is 39.4 Å². The van der Waals surface area contributed by atoms with Crippen molar-refractivity contribution in [3.05, 3.63) is 0 Å². The number of hydrogen-bond donors (Lipinski definition) is 2. The maximum absolute atomic E-state index is 11.9. The summed E-state index contributed by atoms with van der Waals surface area (Å²) in [5.41, 5.74) is 0. The number of carboxylic acids is 1. The predicted octanol–water partition coefficient (Wildman–Crippen LogP) is -0.506. The molecule has 8 heteroatoms. The Bertz CT molecular complexity index is 405. The average Bonchev–Trinajstić information content (AvgIpc) is 3.29. The zero-order chi connectivity index (χ0) is 15.2. The van der Waals surface area contributed by atoms with Crippen molar-refractivity contribution >= 4 is 17.9 Å². The van der Waals surface area contributed by atoms with E-state index in [2.05, 4.69) is 5.32 Å². The number of carboxylic acid groups (broad SMARTS) is 1. The fourth-order valence-corrected chi connectivity index (χ4v) is 2.25. The maximum Gasteiger partial charge on any atom is 0.323 e. The van der Waals surface area contributed by atoms with E-state index in [4.69, 9.17) is 9.84 Å². The van der Waals surface area contributed by atoms with Crippen LogP contribution in [0.5, 0.6) is 0 Å². The average molecular weight is 299 g/mol. The molecule has 0 bridgehead atoms. The molecule has 2 fully saturated rings. The molecular weight excluding hydrogens is 278 g/mol. The zero-order valence-electron chi connectivity index (χ0n) is 11.9. The molecule has 21 heavy (non-hydrogen) atoms. The Labute approximate surface area is 123 Å². The minimum atomic E-state index is -1.03. The number of aliphatic carboxylic acids is 1. The lowest BCUT2D eigenvalue weighted by atomic mass is 10.3. The minimum Gasteiger partial charge on any atom is -0.480 e. The number of carbonyl (C=O) groups excluding carboxylic acids is 2. The van der Waals surface area contributed by atoms with E-state index >= 15 is 0 Å². The van der Waals surface area contributed by atoms with Crippen molar-refractivity contribution < 1.29 is 24.2 Å². The smallest absolute Gasteiger partial charge is 0.323 e. The first-order valence-electron chi connectivity index (χ1n) is 7.19. The van der Waals surface area contributed by atoms with Crippen molar-refractivity contribution in [3.63, 3.8) is 0 Å². The van der Waals surface area contributed by atoms with Gasteiger partial charge in [0.25, 0.3) is 0 Å². The molecule has 0 aromatic carbocycles. The van der Waals surface area contributed by atoms with E-state index in [9.17, 15) is 14.4 Å². The maximum atomic E-state index is 11.9. The van der Waals surface area contributed by atoms with Crippen LogP contribution in [0.3, 0.4) is 0 Å². The van der Waals surface area contributed by atoms with E-state index in [-0.39, 0.29) is 31.5 Å². The molecule has 118 valence electrons. The fourth-order valence-electron chi connectivity index (χ4n) is 2.25. The van der Waals surface area contributed by atoms with Gasteiger partial charge in [0.1, 0.15) is 6.54 Å². The molecule has 1 aliphatic heterocycles. The van der Waals surface area contributed by atoms with E-state index in [0.29, 0.717) is 26.3 Å². The van der Waals surface area contributed by atoms with Crippen LogP contribution in [0, 0.1) is 0 Å². The molecule has 0 radical (unpaired) electrons. The van der Waals surface area contributed by atoms with Crippen LogP contribution in [0.15, 0.2) is 0 Å². The van der Waals surface area contributed by atoms with Crippen LogP contribution in [0.4, 0.5) is 4.79 Å². The lowest BCUT2D eigenvalue weighted by molar-refractivity contribution is -0.138. The Morgan fingerprint density at radius 1 is 1.24 bits per heavy atom. The van der Waals surface area contributed by atoms with E-state index in [0.717, 1.165) is 12.8 Å². The van der Waals surface area contributed by atoms with Gasteiger partial charge < -0.3 is 25.0 Å². The van der Waals surface area contributed by atoms with Crippen molar-refractivity contribution in [1.29, 1.82) is 0 Å². The molecular formula is C13H21N3O5. The summed E-state index contributed by atoms with van der Waals surface area (Å²) in [6.45, 7) is 2.18. The van der Waals surface area contributed by atoms with E-state index < -0.39 is 12.0 Å². The first-order chi connectivity index (χ1) is 10.1. The summed E-state index contributed by atoms with van der Waals surface area (Å²) < 4.78 is 5.17. The Kier molecular flexibility index (Phi) is 5.38. The third-order valence-electron chi connectivity index (χ3n) is 3.53. The highest BCUT2D eigenvalue weighted by atomic mass is 16.5. The van der Waals surface area contributed by atoms with Crippen molar-refractivity contribution in [1.82, 2.24) is 15.1 Å². The highest BCUT2D eigenvalue weighted by molar-refractivity contribution is 5.81. The van der Waals surface area contributed by atoms with Gasteiger partial charge in [0.05, 0.1) is 13.2 Å². The molecule has 8 nitrogen and oxygen atoms in total. The van der Waals surface area contributed by atoms with Gasteiger partial charge >= 0.3 is 12.0 Å². The number of nitrogens with one attached hydrogen (secondary N) is 1. The lowest BCUT2D eigenvalue weighted by Gasteiger charge is -2.27. The number of urea groups is 1. The Hall–Kier alpha value is -1.83. The molecule has 1 saturated heterocycles. The van der Waals surface area contributed by atoms with Gasteiger partial charge in [-0.3, -0.25) is 9.59 Å². The summed E-state index contributed by atoms with van der Waals surface area (Å²) in [4.78, 5) is 37.6. The largest absolute Gasteiger partial charge is 0.480 e. The predicted molar refractivity (Wildman–Crippen MR) is 72.8 cm³/mol. The van der Waals surface area contributed by atoms with Crippen LogP contribution in [-0.2, 0) is 14.3 Å². The topological polar surface area (TPSA) is 99.2 Å². The highest BCUT2D eigenvalue weighted by Crippen LogP contribution is 2.26. The Morgan fingerprint density at radius 3 is 2.48 bits per heavy atom. The standard InChI is InChI=1S/C13H21N3O5/c17-11(15-5-7-21-8-6-15)3-4-14-13(20)16(9-12(18)19)10-1-2-10/h10H,1-9H2,(H,14,20)(H,18,19). The summed E-state index contributed by atoms with van der Waals surface area (Å²) in [6, 6.07) is -0.384. The molecule has 0 unspecified atom stereocenters. The molecule has 2 N–H and O–H groups in total. The number of amides is 3. The summed E-state index contributed by atoms with van der Waals surface area (Å²) in [5.74, 6) is -1.05. The molecule has 0 spiro atoms. The van der Waals surface area contributed by atoms with E-state index in [1.54, 1.807) is 4.90 Å². The van der Waals surface area contributed by atoms with Crippen LogP contribution in [0.1, 0.15) is 19.3 Å². The second kappa shape index (κ2) is 7.26. The van der Waals surface area contributed by atoms with Gasteiger partial charge in [0.2, 0.25) is 5.91 Å². The second-order valence-electron chi connectivity index (χ2n) is 5.23. The molecule has 1 heterocycles. The number of nitrogens with zero attached hydrogens (tertiary/aromatic N) is 2. The second-order valence-corrected chi connectivity index (χ2v) is 5.23. The van der Waals surface area contributed by atoms with Gasteiger partial charge in [0.15, 0.2) is 0 Å². The van der Waals surface area contributed by atoms with Gasteiger partial charge in [-0.25, -0.2) is 4.79 Å². The molecule has 2 rings (SSSR count).